The Kier molecular flexibility index (Phi) is 3.89. The summed E-state index contributed by atoms with van der Waals surface area (Å²) in [5.41, 5.74) is 0. The maximum Gasteiger partial charge on any atom is 0.204 e. The lowest BCUT2D eigenvalue weighted by molar-refractivity contribution is 0.411. The first-order valence-corrected chi connectivity index (χ1v) is 6.50. The number of methoxy groups -OCH3 is 1. The minimum Gasteiger partial charge on any atom is -0.490 e. The topological polar surface area (TPSA) is 50.3 Å². The highest BCUT2D eigenvalue weighted by Gasteiger charge is 2.32. The van der Waals surface area contributed by atoms with Crippen LogP contribution >= 0.6 is 0 Å². The Morgan fingerprint density at radius 1 is 1.44 bits per heavy atom. The minimum atomic E-state index is 0.600. The predicted octanol–water partition coefficient (Wildman–Crippen LogP) is 2.15. The number of hydrogen-bond acceptors (Lipinski definition) is 5. The smallest absolute Gasteiger partial charge is 0.204 e. The largest absolute Gasteiger partial charge is 0.490 e. The molecular formula is C13H22N4O. The molecule has 5 heteroatoms. The van der Waals surface area contributed by atoms with E-state index in [2.05, 4.69) is 34.0 Å². The van der Waals surface area contributed by atoms with Crippen LogP contribution in [-0.2, 0) is 0 Å². The van der Waals surface area contributed by atoms with Crippen LogP contribution in [0.15, 0.2) is 6.33 Å². The van der Waals surface area contributed by atoms with Gasteiger partial charge in [0.15, 0.2) is 11.6 Å². The van der Waals surface area contributed by atoms with Crippen molar-refractivity contribution in [3.05, 3.63) is 6.33 Å². The molecule has 1 fully saturated rings. The van der Waals surface area contributed by atoms with Gasteiger partial charge in [-0.15, -0.1) is 0 Å². The van der Waals surface area contributed by atoms with Crippen LogP contribution in [0, 0.1) is 5.92 Å². The van der Waals surface area contributed by atoms with E-state index < -0.39 is 0 Å². The second-order valence-corrected chi connectivity index (χ2v) is 5.11. The van der Waals surface area contributed by atoms with Gasteiger partial charge in [0.25, 0.3) is 0 Å². The fourth-order valence-electron chi connectivity index (χ4n) is 2.12. The fraction of sp³-hybridized carbons (Fsp3) is 0.692. The van der Waals surface area contributed by atoms with Crippen molar-refractivity contribution in [3.8, 4) is 5.75 Å². The molecule has 1 aliphatic carbocycles. The summed E-state index contributed by atoms with van der Waals surface area (Å²) < 4.78 is 5.48. The van der Waals surface area contributed by atoms with Gasteiger partial charge in [0, 0.05) is 19.6 Å². The van der Waals surface area contributed by atoms with E-state index in [0.29, 0.717) is 12.0 Å². The third kappa shape index (κ3) is 2.66. The van der Waals surface area contributed by atoms with Gasteiger partial charge in [-0.3, -0.25) is 0 Å². The van der Waals surface area contributed by atoms with Gasteiger partial charge in [0.2, 0.25) is 5.75 Å². The molecule has 1 heterocycles. The normalized spacial score (nSPS) is 14.7. The zero-order valence-corrected chi connectivity index (χ0v) is 11.6. The van der Waals surface area contributed by atoms with Crippen molar-refractivity contribution in [2.75, 3.05) is 30.9 Å². The van der Waals surface area contributed by atoms with Crippen LogP contribution in [0.3, 0.4) is 0 Å². The Morgan fingerprint density at radius 2 is 2.17 bits per heavy atom. The van der Waals surface area contributed by atoms with Crippen LogP contribution in [0.2, 0.25) is 0 Å². The van der Waals surface area contributed by atoms with E-state index in [9.17, 15) is 0 Å². The Labute approximate surface area is 109 Å². The van der Waals surface area contributed by atoms with Crippen molar-refractivity contribution < 1.29 is 4.74 Å². The fourth-order valence-corrected chi connectivity index (χ4v) is 2.12. The monoisotopic (exact) mass is 250 g/mol. The van der Waals surface area contributed by atoms with Crippen molar-refractivity contribution in [2.24, 2.45) is 5.92 Å². The molecule has 0 spiro atoms. The van der Waals surface area contributed by atoms with E-state index in [1.54, 1.807) is 13.4 Å². The van der Waals surface area contributed by atoms with Gasteiger partial charge in [0.1, 0.15) is 6.33 Å². The highest BCUT2D eigenvalue weighted by atomic mass is 16.5. The highest BCUT2D eigenvalue weighted by Crippen LogP contribution is 2.38. The molecule has 2 rings (SSSR count). The second kappa shape index (κ2) is 5.42. The Hall–Kier alpha value is -1.52. The summed E-state index contributed by atoms with van der Waals surface area (Å²) in [4.78, 5) is 11.0. The van der Waals surface area contributed by atoms with Gasteiger partial charge >= 0.3 is 0 Å². The number of hydrogen-bond donors (Lipinski definition) is 1. The van der Waals surface area contributed by atoms with Gasteiger partial charge in [-0.2, -0.15) is 0 Å². The molecule has 100 valence electrons. The molecule has 1 aromatic heterocycles. The van der Waals surface area contributed by atoms with Crippen molar-refractivity contribution in [1.82, 2.24) is 9.97 Å². The third-order valence-electron chi connectivity index (χ3n) is 3.05. The van der Waals surface area contributed by atoms with Gasteiger partial charge in [0.05, 0.1) is 7.11 Å². The van der Waals surface area contributed by atoms with Crippen LogP contribution in [0.5, 0.6) is 5.75 Å². The molecule has 0 bridgehead atoms. The quantitative estimate of drug-likeness (QED) is 0.838. The van der Waals surface area contributed by atoms with Gasteiger partial charge < -0.3 is 15.0 Å². The average Bonchev–Trinajstić information content (AvgIpc) is 3.18. The van der Waals surface area contributed by atoms with E-state index in [0.717, 1.165) is 23.9 Å². The second-order valence-electron chi connectivity index (χ2n) is 5.11. The summed E-state index contributed by atoms with van der Waals surface area (Å²) >= 11 is 0. The summed E-state index contributed by atoms with van der Waals surface area (Å²) in [6.45, 7) is 5.45. The number of ether oxygens (including phenoxy) is 1. The molecule has 0 atom stereocenters. The van der Waals surface area contributed by atoms with Crippen molar-refractivity contribution in [3.63, 3.8) is 0 Å². The third-order valence-corrected chi connectivity index (χ3v) is 3.05. The Morgan fingerprint density at radius 3 is 2.67 bits per heavy atom. The molecule has 1 saturated carbocycles. The maximum atomic E-state index is 5.48. The lowest BCUT2D eigenvalue weighted by Gasteiger charge is -2.27. The number of nitrogens with one attached hydrogen (secondary N) is 1. The molecule has 0 radical (unpaired) electrons. The first-order chi connectivity index (χ1) is 8.67. The van der Waals surface area contributed by atoms with E-state index in [-0.39, 0.29) is 0 Å². The van der Waals surface area contributed by atoms with Crippen LogP contribution in [0.25, 0.3) is 0 Å². The van der Waals surface area contributed by atoms with Crippen LogP contribution < -0.4 is 15.0 Å². The molecule has 1 aliphatic rings. The molecule has 1 N–H and O–H groups in total. The molecule has 0 saturated heterocycles. The Bertz CT molecular complexity index is 404. The van der Waals surface area contributed by atoms with Gasteiger partial charge in [-0.1, -0.05) is 13.8 Å². The summed E-state index contributed by atoms with van der Waals surface area (Å²) in [5.74, 6) is 3.00. The van der Waals surface area contributed by atoms with Crippen molar-refractivity contribution in [1.29, 1.82) is 0 Å². The summed E-state index contributed by atoms with van der Waals surface area (Å²) in [6.07, 6.45) is 4.09. The first-order valence-electron chi connectivity index (χ1n) is 6.50. The van der Waals surface area contributed by atoms with E-state index >= 15 is 0 Å². The zero-order chi connectivity index (χ0) is 13.1. The molecule has 1 aromatic rings. The lowest BCUT2D eigenvalue weighted by Crippen LogP contribution is -2.31. The molecule has 0 aromatic carbocycles. The summed E-state index contributed by atoms with van der Waals surface area (Å²) in [6, 6.07) is 0.612. The van der Waals surface area contributed by atoms with Crippen LogP contribution in [0.4, 0.5) is 11.6 Å². The first kappa shape index (κ1) is 12.9. The number of anilines is 2. The minimum absolute atomic E-state index is 0.600. The summed E-state index contributed by atoms with van der Waals surface area (Å²) in [5, 5.41) is 3.05. The van der Waals surface area contributed by atoms with E-state index in [1.807, 2.05) is 7.05 Å². The van der Waals surface area contributed by atoms with Crippen molar-refractivity contribution in [2.45, 2.75) is 32.7 Å². The Balaban J connectivity index is 2.34. The van der Waals surface area contributed by atoms with Crippen LogP contribution in [0.1, 0.15) is 26.7 Å². The SMILES string of the molecule is CNc1ncnc(N(CC(C)C)C2CC2)c1OC. The van der Waals surface area contributed by atoms with E-state index in [4.69, 9.17) is 4.74 Å². The van der Waals surface area contributed by atoms with Gasteiger partial charge in [-0.05, 0) is 18.8 Å². The molecule has 0 aliphatic heterocycles. The summed E-state index contributed by atoms with van der Waals surface area (Å²) in [7, 11) is 3.52. The lowest BCUT2D eigenvalue weighted by atomic mass is 10.2. The molecule has 0 amide bonds. The predicted molar refractivity (Wildman–Crippen MR) is 73.3 cm³/mol. The van der Waals surface area contributed by atoms with E-state index in [1.165, 1.54) is 12.8 Å². The van der Waals surface area contributed by atoms with Crippen molar-refractivity contribution >= 4 is 11.6 Å². The average molecular weight is 250 g/mol. The number of aromatic nitrogens is 2. The zero-order valence-electron chi connectivity index (χ0n) is 11.6. The number of rotatable bonds is 6. The molecular weight excluding hydrogens is 228 g/mol. The van der Waals surface area contributed by atoms with Crippen LogP contribution in [-0.4, -0.2) is 36.7 Å². The highest BCUT2D eigenvalue weighted by molar-refractivity contribution is 5.65. The molecule has 0 unspecified atom stereocenters. The molecule has 5 nitrogen and oxygen atoms in total. The van der Waals surface area contributed by atoms with Gasteiger partial charge in [-0.25, -0.2) is 9.97 Å². The standard InChI is InChI=1S/C13H22N4O/c1-9(2)7-17(10-5-6-10)13-11(18-4)12(14-3)15-8-16-13/h8-10H,5-7H2,1-4H3,(H,14,15,16). The number of nitrogens with zero attached hydrogens (tertiary/aromatic N) is 3. The maximum absolute atomic E-state index is 5.48. The molecule has 18 heavy (non-hydrogen) atoms.